The van der Waals surface area contributed by atoms with E-state index in [-0.39, 0.29) is 0 Å². The smallest absolute Gasteiger partial charge is 0.203 e. The predicted molar refractivity (Wildman–Crippen MR) is 69.3 cm³/mol. The highest BCUT2D eigenvalue weighted by atomic mass is 32.1. The van der Waals surface area contributed by atoms with Crippen molar-refractivity contribution in [1.82, 2.24) is 14.3 Å². The number of hydrogen-bond donors (Lipinski definition) is 1. The maximum atomic E-state index is 4.48. The van der Waals surface area contributed by atoms with Crippen LogP contribution < -0.4 is 5.32 Å². The van der Waals surface area contributed by atoms with E-state index in [1.54, 1.807) is 0 Å². The van der Waals surface area contributed by atoms with Gasteiger partial charge in [0.15, 0.2) is 5.82 Å². The number of anilines is 1. The molecule has 0 amide bonds. The molecule has 88 valence electrons. The van der Waals surface area contributed by atoms with Crippen molar-refractivity contribution in [2.45, 2.75) is 32.7 Å². The van der Waals surface area contributed by atoms with Gasteiger partial charge in [-0.1, -0.05) is 6.07 Å². The van der Waals surface area contributed by atoms with Crippen molar-refractivity contribution in [1.29, 1.82) is 0 Å². The summed E-state index contributed by atoms with van der Waals surface area (Å²) >= 11 is 1.41. The fourth-order valence-corrected chi connectivity index (χ4v) is 2.38. The molecule has 2 aromatic rings. The summed E-state index contributed by atoms with van der Waals surface area (Å²) in [5.41, 5.74) is 3.18. The molecule has 1 saturated carbocycles. The maximum Gasteiger partial charge on any atom is 0.203 e. The van der Waals surface area contributed by atoms with Gasteiger partial charge in [0.1, 0.15) is 5.69 Å². The summed E-state index contributed by atoms with van der Waals surface area (Å²) in [5, 5.41) is 4.26. The van der Waals surface area contributed by atoms with E-state index < -0.39 is 0 Å². The van der Waals surface area contributed by atoms with E-state index in [2.05, 4.69) is 25.7 Å². The summed E-state index contributed by atoms with van der Waals surface area (Å²) in [6, 6.07) is 2.72. The van der Waals surface area contributed by atoms with Crippen LogP contribution in [0.1, 0.15) is 24.0 Å². The summed E-state index contributed by atoms with van der Waals surface area (Å²) in [6.45, 7) is 4.09. The van der Waals surface area contributed by atoms with Crippen molar-refractivity contribution in [2.75, 3.05) is 5.32 Å². The molecule has 4 nitrogen and oxygen atoms in total. The van der Waals surface area contributed by atoms with Crippen LogP contribution in [-0.2, 0) is 0 Å². The minimum absolute atomic E-state index is 0.614. The van der Waals surface area contributed by atoms with Crippen molar-refractivity contribution in [3.05, 3.63) is 23.4 Å². The monoisotopic (exact) mass is 246 g/mol. The maximum absolute atomic E-state index is 4.48. The minimum Gasteiger partial charge on any atom is -0.358 e. The van der Waals surface area contributed by atoms with Gasteiger partial charge in [0.05, 0.1) is 0 Å². The van der Waals surface area contributed by atoms with E-state index in [1.807, 2.05) is 20.0 Å². The van der Waals surface area contributed by atoms with Gasteiger partial charge in [-0.15, -0.1) is 0 Å². The van der Waals surface area contributed by atoms with Crippen LogP contribution in [-0.4, -0.2) is 20.4 Å². The lowest BCUT2D eigenvalue weighted by Crippen LogP contribution is -2.00. The highest BCUT2D eigenvalue weighted by Crippen LogP contribution is 2.28. The van der Waals surface area contributed by atoms with Crippen LogP contribution in [0.2, 0.25) is 0 Å². The Morgan fingerprint density at radius 3 is 2.88 bits per heavy atom. The largest absolute Gasteiger partial charge is 0.358 e. The molecule has 0 atom stereocenters. The molecule has 1 N–H and O–H groups in total. The van der Waals surface area contributed by atoms with Crippen LogP contribution >= 0.6 is 11.5 Å². The molecule has 2 aromatic heterocycles. The van der Waals surface area contributed by atoms with Gasteiger partial charge >= 0.3 is 0 Å². The van der Waals surface area contributed by atoms with Crippen LogP contribution in [0.4, 0.5) is 5.13 Å². The molecule has 0 unspecified atom stereocenters. The van der Waals surface area contributed by atoms with Gasteiger partial charge < -0.3 is 5.32 Å². The number of rotatable bonds is 3. The quantitative estimate of drug-likeness (QED) is 0.904. The lowest BCUT2D eigenvalue weighted by atomic mass is 10.1. The number of nitrogens with one attached hydrogen (secondary N) is 1. The molecule has 1 aliphatic carbocycles. The molecule has 0 aliphatic heterocycles. The van der Waals surface area contributed by atoms with Gasteiger partial charge in [0, 0.05) is 23.8 Å². The van der Waals surface area contributed by atoms with Gasteiger partial charge in [0.2, 0.25) is 5.13 Å². The second kappa shape index (κ2) is 4.07. The van der Waals surface area contributed by atoms with Crippen molar-refractivity contribution in [2.24, 2.45) is 0 Å². The molecule has 2 heterocycles. The van der Waals surface area contributed by atoms with Crippen LogP contribution in [0, 0.1) is 13.8 Å². The number of hydrogen-bond acceptors (Lipinski definition) is 5. The normalized spacial score (nSPS) is 14.9. The Balaban J connectivity index is 1.89. The fraction of sp³-hybridized carbons (Fsp3) is 0.417. The Labute approximate surface area is 104 Å². The first-order valence-electron chi connectivity index (χ1n) is 5.76. The first-order chi connectivity index (χ1) is 8.22. The van der Waals surface area contributed by atoms with E-state index in [1.165, 1.54) is 24.4 Å². The second-order valence-electron chi connectivity index (χ2n) is 4.52. The number of aryl methyl sites for hydroxylation is 2. The van der Waals surface area contributed by atoms with Crippen molar-refractivity contribution < 1.29 is 0 Å². The predicted octanol–water partition coefficient (Wildman–Crippen LogP) is 2.79. The van der Waals surface area contributed by atoms with Gasteiger partial charge in [-0.3, -0.25) is 4.98 Å². The van der Waals surface area contributed by atoms with Crippen LogP contribution in [0.25, 0.3) is 11.5 Å². The lowest BCUT2D eigenvalue weighted by molar-refractivity contribution is 1.12. The van der Waals surface area contributed by atoms with Crippen LogP contribution in [0.15, 0.2) is 12.3 Å². The van der Waals surface area contributed by atoms with E-state index >= 15 is 0 Å². The van der Waals surface area contributed by atoms with Crippen molar-refractivity contribution in [3.63, 3.8) is 0 Å². The molecule has 0 aromatic carbocycles. The fourth-order valence-electron chi connectivity index (χ4n) is 1.73. The standard InChI is InChI=1S/C12H14N4S/c1-7-5-8(2)10(13-6-7)11-15-12(17-16-11)14-9-3-4-9/h5-6,9H,3-4H2,1-2H3,(H,14,15,16). The topological polar surface area (TPSA) is 50.7 Å². The van der Waals surface area contributed by atoms with Crippen molar-refractivity contribution in [3.8, 4) is 11.5 Å². The zero-order valence-electron chi connectivity index (χ0n) is 9.90. The third-order valence-electron chi connectivity index (χ3n) is 2.76. The third-order valence-corrected chi connectivity index (χ3v) is 3.40. The van der Waals surface area contributed by atoms with Crippen LogP contribution in [0.3, 0.4) is 0 Å². The summed E-state index contributed by atoms with van der Waals surface area (Å²) in [7, 11) is 0. The highest BCUT2D eigenvalue weighted by Gasteiger charge is 2.22. The number of aromatic nitrogens is 3. The Kier molecular flexibility index (Phi) is 2.55. The van der Waals surface area contributed by atoms with Gasteiger partial charge in [-0.25, -0.2) is 0 Å². The summed E-state index contributed by atoms with van der Waals surface area (Å²) in [6.07, 6.45) is 4.35. The highest BCUT2D eigenvalue weighted by molar-refractivity contribution is 7.09. The molecule has 1 aliphatic rings. The summed E-state index contributed by atoms with van der Waals surface area (Å²) in [4.78, 5) is 8.90. The van der Waals surface area contributed by atoms with Gasteiger partial charge in [-0.05, 0) is 37.8 Å². The minimum atomic E-state index is 0.614. The molecular weight excluding hydrogens is 232 g/mol. The van der Waals surface area contributed by atoms with Crippen molar-refractivity contribution >= 4 is 16.7 Å². The lowest BCUT2D eigenvalue weighted by Gasteiger charge is -2.01. The molecule has 5 heteroatoms. The van der Waals surface area contributed by atoms with E-state index in [0.717, 1.165) is 27.8 Å². The second-order valence-corrected chi connectivity index (χ2v) is 5.27. The SMILES string of the molecule is Cc1cnc(-c2nsc(NC3CC3)n2)c(C)c1. The van der Waals surface area contributed by atoms with E-state index in [9.17, 15) is 0 Å². The first kappa shape index (κ1) is 10.7. The average molecular weight is 246 g/mol. The molecule has 1 fully saturated rings. The average Bonchev–Trinajstić information content (AvgIpc) is 2.96. The molecular formula is C12H14N4S. The zero-order chi connectivity index (χ0) is 11.8. The Bertz CT molecular complexity index is 545. The molecule has 3 rings (SSSR count). The first-order valence-corrected chi connectivity index (χ1v) is 6.53. The van der Waals surface area contributed by atoms with Gasteiger partial charge in [0.25, 0.3) is 0 Å². The number of nitrogens with zero attached hydrogens (tertiary/aromatic N) is 3. The number of pyridine rings is 1. The Hall–Kier alpha value is -1.49. The van der Waals surface area contributed by atoms with Gasteiger partial charge in [-0.2, -0.15) is 9.36 Å². The molecule has 0 spiro atoms. The third kappa shape index (κ3) is 2.29. The van der Waals surface area contributed by atoms with E-state index in [4.69, 9.17) is 0 Å². The molecule has 0 radical (unpaired) electrons. The zero-order valence-corrected chi connectivity index (χ0v) is 10.7. The Morgan fingerprint density at radius 1 is 1.35 bits per heavy atom. The molecule has 0 saturated heterocycles. The van der Waals surface area contributed by atoms with Crippen LogP contribution in [0.5, 0.6) is 0 Å². The molecule has 0 bridgehead atoms. The molecule has 17 heavy (non-hydrogen) atoms. The summed E-state index contributed by atoms with van der Waals surface area (Å²) in [5.74, 6) is 0.732. The Morgan fingerprint density at radius 2 is 2.18 bits per heavy atom. The van der Waals surface area contributed by atoms with E-state index in [0.29, 0.717) is 6.04 Å². The summed E-state index contributed by atoms with van der Waals surface area (Å²) < 4.78 is 4.36.